The Hall–Kier alpha value is -2.77. The molecule has 3 aromatic rings. The molecule has 1 aliphatic heterocycles. The number of benzene rings is 2. The minimum absolute atomic E-state index is 0.281. The van der Waals surface area contributed by atoms with Crippen molar-refractivity contribution in [3.63, 3.8) is 0 Å². The Morgan fingerprint density at radius 2 is 1.96 bits per heavy atom. The molecule has 28 heavy (non-hydrogen) atoms. The normalized spacial score (nSPS) is 15.0. The number of anilines is 1. The first-order valence-electron chi connectivity index (χ1n) is 9.51. The van der Waals surface area contributed by atoms with Crippen LogP contribution in [0.15, 0.2) is 42.5 Å². The van der Waals surface area contributed by atoms with Gasteiger partial charge < -0.3 is 9.64 Å². The van der Waals surface area contributed by atoms with Crippen molar-refractivity contribution in [1.82, 2.24) is 15.1 Å². The lowest BCUT2D eigenvalue weighted by molar-refractivity contribution is -0.107. The number of nitrogens with zero attached hydrogens (tertiary/aromatic N) is 3. The van der Waals surface area contributed by atoms with Crippen molar-refractivity contribution in [1.29, 1.82) is 0 Å². The van der Waals surface area contributed by atoms with Crippen LogP contribution in [0.25, 0.3) is 22.2 Å². The Morgan fingerprint density at radius 3 is 2.71 bits per heavy atom. The van der Waals surface area contributed by atoms with Crippen LogP contribution in [0.4, 0.5) is 10.1 Å². The molecule has 6 nitrogen and oxygen atoms in total. The maximum atomic E-state index is 13.2. The highest BCUT2D eigenvalue weighted by molar-refractivity contribution is 5.96. The predicted octanol–water partition coefficient (Wildman–Crippen LogP) is 3.05. The van der Waals surface area contributed by atoms with E-state index in [0.29, 0.717) is 6.54 Å². The van der Waals surface area contributed by atoms with Crippen molar-refractivity contribution in [2.75, 3.05) is 44.3 Å². The Balaban J connectivity index is 1.51. The first-order valence-corrected chi connectivity index (χ1v) is 9.51. The summed E-state index contributed by atoms with van der Waals surface area (Å²) in [5.74, 6) is -0.281. The van der Waals surface area contributed by atoms with E-state index < -0.39 is 0 Å². The maximum Gasteiger partial charge on any atom is 0.214 e. The lowest BCUT2D eigenvalue weighted by Crippen LogP contribution is -2.38. The molecule has 0 spiro atoms. The SMILES string of the molecule is O=CN(CCCN1CCOCC1)c1ccc2[nH]nc(-c3ccc(F)cc3)c2c1. The molecule has 1 saturated heterocycles. The van der Waals surface area contributed by atoms with Gasteiger partial charge in [-0.05, 0) is 48.9 Å². The lowest BCUT2D eigenvalue weighted by atomic mass is 10.1. The van der Waals surface area contributed by atoms with Crippen LogP contribution in [0.3, 0.4) is 0 Å². The number of carbonyl (C=O) groups excluding carboxylic acids is 1. The molecule has 2 aromatic carbocycles. The number of aromatic amines is 1. The van der Waals surface area contributed by atoms with Crippen LogP contribution in [-0.2, 0) is 9.53 Å². The molecule has 146 valence electrons. The topological polar surface area (TPSA) is 61.5 Å². The molecule has 4 rings (SSSR count). The summed E-state index contributed by atoms with van der Waals surface area (Å²) in [6, 6.07) is 12.0. The molecule has 2 heterocycles. The van der Waals surface area contributed by atoms with Crippen LogP contribution in [0.1, 0.15) is 6.42 Å². The minimum atomic E-state index is -0.281. The van der Waals surface area contributed by atoms with Crippen molar-refractivity contribution in [3.05, 3.63) is 48.3 Å². The molecule has 0 bridgehead atoms. The van der Waals surface area contributed by atoms with E-state index in [-0.39, 0.29) is 5.82 Å². The standard InChI is InChI=1S/C21H23FN4O2/c22-17-4-2-16(3-5-17)21-19-14-18(6-7-20(19)23-24-21)26(15-27)9-1-8-25-10-12-28-13-11-25/h2-7,14-15H,1,8-13H2,(H,23,24). The Labute approximate surface area is 162 Å². The second-order valence-electron chi connectivity index (χ2n) is 6.92. The van der Waals surface area contributed by atoms with E-state index in [4.69, 9.17) is 4.74 Å². The number of rotatable bonds is 7. The lowest BCUT2D eigenvalue weighted by Gasteiger charge is -2.27. The third-order valence-corrected chi connectivity index (χ3v) is 5.10. The molecule has 1 N–H and O–H groups in total. The first-order chi connectivity index (χ1) is 13.7. The van der Waals surface area contributed by atoms with Gasteiger partial charge in [-0.3, -0.25) is 14.8 Å². The Kier molecular flexibility index (Phi) is 5.64. The fraction of sp³-hybridized carbons (Fsp3) is 0.333. The number of H-pyrrole nitrogens is 1. The van der Waals surface area contributed by atoms with Crippen molar-refractivity contribution in [2.45, 2.75) is 6.42 Å². The number of carbonyl (C=O) groups is 1. The minimum Gasteiger partial charge on any atom is -0.379 e. The molecule has 0 radical (unpaired) electrons. The van der Waals surface area contributed by atoms with Gasteiger partial charge in [0.2, 0.25) is 6.41 Å². The zero-order chi connectivity index (χ0) is 19.3. The van der Waals surface area contributed by atoms with E-state index in [1.807, 2.05) is 18.2 Å². The van der Waals surface area contributed by atoms with Crippen LogP contribution >= 0.6 is 0 Å². The van der Waals surface area contributed by atoms with Gasteiger partial charge in [-0.1, -0.05) is 0 Å². The van der Waals surface area contributed by atoms with Gasteiger partial charge in [0.25, 0.3) is 0 Å². The smallest absolute Gasteiger partial charge is 0.214 e. The van der Waals surface area contributed by atoms with E-state index in [1.165, 1.54) is 12.1 Å². The molecule has 0 saturated carbocycles. The molecule has 1 amide bonds. The van der Waals surface area contributed by atoms with Gasteiger partial charge in [0.15, 0.2) is 0 Å². The highest BCUT2D eigenvalue weighted by Gasteiger charge is 2.14. The summed E-state index contributed by atoms with van der Waals surface area (Å²) in [6.07, 6.45) is 1.77. The van der Waals surface area contributed by atoms with Crippen LogP contribution in [0, 0.1) is 5.82 Å². The summed E-state index contributed by atoms with van der Waals surface area (Å²) in [6.45, 7) is 5.05. The average molecular weight is 382 g/mol. The second-order valence-corrected chi connectivity index (χ2v) is 6.92. The number of hydrogen-bond acceptors (Lipinski definition) is 4. The molecular weight excluding hydrogens is 359 g/mol. The summed E-state index contributed by atoms with van der Waals surface area (Å²) in [4.78, 5) is 15.8. The molecule has 1 aliphatic rings. The van der Waals surface area contributed by atoms with Gasteiger partial charge in [0, 0.05) is 42.8 Å². The third-order valence-electron chi connectivity index (χ3n) is 5.10. The van der Waals surface area contributed by atoms with Crippen molar-refractivity contribution < 1.29 is 13.9 Å². The van der Waals surface area contributed by atoms with Crippen molar-refractivity contribution >= 4 is 23.0 Å². The highest BCUT2D eigenvalue weighted by Crippen LogP contribution is 2.29. The summed E-state index contributed by atoms with van der Waals surface area (Å²) in [7, 11) is 0. The van der Waals surface area contributed by atoms with E-state index in [1.54, 1.807) is 17.0 Å². The fourth-order valence-electron chi connectivity index (χ4n) is 3.54. The zero-order valence-corrected chi connectivity index (χ0v) is 15.6. The van der Waals surface area contributed by atoms with Crippen LogP contribution in [-0.4, -0.2) is 60.9 Å². The average Bonchev–Trinajstić information content (AvgIpc) is 3.16. The van der Waals surface area contributed by atoms with Gasteiger partial charge in [-0.2, -0.15) is 5.10 Å². The van der Waals surface area contributed by atoms with Crippen molar-refractivity contribution in [3.8, 4) is 11.3 Å². The number of ether oxygens (including phenoxy) is 1. The largest absolute Gasteiger partial charge is 0.379 e. The zero-order valence-electron chi connectivity index (χ0n) is 15.6. The molecule has 7 heteroatoms. The molecule has 0 atom stereocenters. The number of nitrogens with one attached hydrogen (secondary N) is 1. The monoisotopic (exact) mass is 382 g/mol. The number of fused-ring (bicyclic) bond motifs is 1. The number of hydrogen-bond donors (Lipinski definition) is 1. The molecule has 1 aromatic heterocycles. The predicted molar refractivity (Wildman–Crippen MR) is 107 cm³/mol. The number of halogens is 1. The maximum absolute atomic E-state index is 13.2. The first kappa shape index (κ1) is 18.6. The summed E-state index contributed by atoms with van der Waals surface area (Å²) >= 11 is 0. The van der Waals surface area contributed by atoms with Crippen LogP contribution in [0.5, 0.6) is 0 Å². The second kappa shape index (κ2) is 8.50. The number of amides is 1. The molecular formula is C21H23FN4O2. The van der Waals surface area contributed by atoms with E-state index in [9.17, 15) is 9.18 Å². The van der Waals surface area contributed by atoms with Gasteiger partial charge in [-0.25, -0.2) is 4.39 Å². The summed E-state index contributed by atoms with van der Waals surface area (Å²) < 4.78 is 18.6. The van der Waals surface area contributed by atoms with Crippen molar-refractivity contribution in [2.24, 2.45) is 0 Å². The van der Waals surface area contributed by atoms with Crippen LogP contribution in [0.2, 0.25) is 0 Å². The third kappa shape index (κ3) is 4.05. The van der Waals surface area contributed by atoms with Gasteiger partial charge in [-0.15, -0.1) is 0 Å². The molecule has 0 aliphatic carbocycles. The van der Waals surface area contributed by atoms with Gasteiger partial charge in [0.05, 0.1) is 24.4 Å². The fourth-order valence-corrected chi connectivity index (χ4v) is 3.54. The molecule has 1 fully saturated rings. The van der Waals surface area contributed by atoms with Crippen LogP contribution < -0.4 is 4.90 Å². The number of morpholine rings is 1. The van der Waals surface area contributed by atoms with E-state index >= 15 is 0 Å². The van der Waals surface area contributed by atoms with E-state index in [0.717, 1.165) is 73.5 Å². The van der Waals surface area contributed by atoms with E-state index in [2.05, 4.69) is 15.1 Å². The molecule has 0 unspecified atom stereocenters. The highest BCUT2D eigenvalue weighted by atomic mass is 19.1. The summed E-state index contributed by atoms with van der Waals surface area (Å²) in [5, 5.41) is 8.28. The Bertz CT molecular complexity index is 935. The van der Waals surface area contributed by atoms with Gasteiger partial charge >= 0.3 is 0 Å². The quantitative estimate of drug-likeness (QED) is 0.638. The summed E-state index contributed by atoms with van der Waals surface area (Å²) in [5.41, 5.74) is 3.28. The van der Waals surface area contributed by atoms with Gasteiger partial charge in [0.1, 0.15) is 5.82 Å². The number of aromatic nitrogens is 2. The Morgan fingerprint density at radius 1 is 1.18 bits per heavy atom.